The van der Waals surface area contributed by atoms with Crippen molar-refractivity contribution in [1.29, 1.82) is 0 Å². The lowest BCUT2D eigenvalue weighted by Gasteiger charge is -2.53. The van der Waals surface area contributed by atoms with Gasteiger partial charge in [-0.1, -0.05) is 0 Å². The Hall–Kier alpha value is -0.900. The van der Waals surface area contributed by atoms with Crippen molar-refractivity contribution in [2.75, 3.05) is 0 Å². The van der Waals surface area contributed by atoms with Gasteiger partial charge in [0.25, 0.3) is 0 Å². The molecule has 4 aliphatic carbocycles. The minimum absolute atomic E-state index is 0.497. The first-order valence-electron chi connectivity index (χ1n) is 7.34. The summed E-state index contributed by atoms with van der Waals surface area (Å²) in [6, 6.07) is 0. The highest BCUT2D eigenvalue weighted by atomic mass is 15.3. The van der Waals surface area contributed by atoms with Crippen molar-refractivity contribution in [3.05, 3.63) is 11.6 Å². The van der Waals surface area contributed by atoms with Crippen molar-refractivity contribution in [2.45, 2.75) is 44.6 Å². The van der Waals surface area contributed by atoms with Gasteiger partial charge in [-0.3, -0.25) is 4.68 Å². The van der Waals surface area contributed by atoms with Crippen LogP contribution in [-0.2, 0) is 13.6 Å². The SMILES string of the molecule is Cn1nc(C2C3CC4CC(C3)CC2C4)nc1CN. The molecule has 1 aromatic rings. The maximum atomic E-state index is 5.72. The van der Waals surface area contributed by atoms with Gasteiger partial charge in [-0.2, -0.15) is 5.10 Å². The molecule has 0 radical (unpaired) electrons. The second kappa shape index (κ2) is 3.80. The van der Waals surface area contributed by atoms with Gasteiger partial charge in [-0.25, -0.2) is 4.98 Å². The molecule has 4 bridgehead atoms. The molecule has 1 heterocycles. The molecule has 5 rings (SSSR count). The fourth-order valence-corrected chi connectivity index (χ4v) is 5.10. The summed E-state index contributed by atoms with van der Waals surface area (Å²) in [6.07, 6.45) is 7.20. The molecule has 4 heteroatoms. The number of hydrogen-bond donors (Lipinski definition) is 1. The average molecular weight is 246 g/mol. The second-order valence-corrected chi connectivity index (χ2v) is 6.67. The molecule has 0 amide bonds. The molecule has 4 aliphatic rings. The van der Waals surface area contributed by atoms with Crippen LogP contribution < -0.4 is 5.73 Å². The van der Waals surface area contributed by atoms with Gasteiger partial charge in [0, 0.05) is 13.0 Å². The molecule has 18 heavy (non-hydrogen) atoms. The molecule has 1 aromatic heterocycles. The largest absolute Gasteiger partial charge is 0.324 e. The quantitative estimate of drug-likeness (QED) is 0.866. The summed E-state index contributed by atoms with van der Waals surface area (Å²) >= 11 is 0. The monoisotopic (exact) mass is 246 g/mol. The number of hydrogen-bond acceptors (Lipinski definition) is 3. The van der Waals surface area contributed by atoms with E-state index < -0.39 is 0 Å². The molecule has 98 valence electrons. The lowest BCUT2D eigenvalue weighted by molar-refractivity contribution is -0.00566. The van der Waals surface area contributed by atoms with Crippen LogP contribution >= 0.6 is 0 Å². The fourth-order valence-electron chi connectivity index (χ4n) is 5.10. The minimum atomic E-state index is 0.497. The first-order chi connectivity index (χ1) is 8.74. The molecule has 0 saturated heterocycles. The van der Waals surface area contributed by atoms with Crippen LogP contribution in [-0.4, -0.2) is 14.8 Å². The summed E-state index contributed by atoms with van der Waals surface area (Å²) in [6.45, 7) is 0.497. The average Bonchev–Trinajstić information content (AvgIpc) is 2.69. The normalized spacial score (nSPS) is 41.6. The first-order valence-corrected chi connectivity index (χ1v) is 7.34. The summed E-state index contributed by atoms with van der Waals surface area (Å²) in [7, 11) is 1.97. The van der Waals surface area contributed by atoms with Gasteiger partial charge in [0.05, 0.1) is 6.54 Å². The number of aromatic nitrogens is 3. The van der Waals surface area contributed by atoms with Crippen molar-refractivity contribution in [1.82, 2.24) is 14.8 Å². The van der Waals surface area contributed by atoms with Gasteiger partial charge in [-0.05, 0) is 55.8 Å². The van der Waals surface area contributed by atoms with E-state index in [1.807, 2.05) is 11.7 Å². The molecule has 0 aliphatic heterocycles. The highest BCUT2D eigenvalue weighted by Crippen LogP contribution is 2.59. The van der Waals surface area contributed by atoms with E-state index in [1.54, 1.807) is 0 Å². The molecule has 0 unspecified atom stereocenters. The summed E-state index contributed by atoms with van der Waals surface area (Å²) in [5, 5.41) is 4.65. The number of nitrogens with zero attached hydrogens (tertiary/aromatic N) is 3. The van der Waals surface area contributed by atoms with E-state index in [-0.39, 0.29) is 0 Å². The third kappa shape index (κ3) is 1.48. The van der Waals surface area contributed by atoms with Crippen LogP contribution in [0.3, 0.4) is 0 Å². The van der Waals surface area contributed by atoms with Crippen LogP contribution in [0.5, 0.6) is 0 Å². The van der Waals surface area contributed by atoms with Crippen molar-refractivity contribution in [3.63, 3.8) is 0 Å². The van der Waals surface area contributed by atoms with E-state index in [0.29, 0.717) is 12.5 Å². The summed E-state index contributed by atoms with van der Waals surface area (Å²) in [5.41, 5.74) is 5.72. The van der Waals surface area contributed by atoms with Gasteiger partial charge in [0.15, 0.2) is 5.82 Å². The minimum Gasteiger partial charge on any atom is -0.324 e. The fraction of sp³-hybridized carbons (Fsp3) is 0.857. The highest BCUT2D eigenvalue weighted by Gasteiger charge is 2.49. The summed E-state index contributed by atoms with van der Waals surface area (Å²) in [5.74, 6) is 6.39. The summed E-state index contributed by atoms with van der Waals surface area (Å²) in [4.78, 5) is 4.70. The first kappa shape index (κ1) is 11.0. The van der Waals surface area contributed by atoms with Crippen molar-refractivity contribution in [3.8, 4) is 0 Å². The lowest BCUT2D eigenvalue weighted by Crippen LogP contribution is -2.44. The maximum absolute atomic E-state index is 5.72. The van der Waals surface area contributed by atoms with Gasteiger partial charge in [-0.15, -0.1) is 0 Å². The van der Waals surface area contributed by atoms with Gasteiger partial charge in [0.2, 0.25) is 0 Å². The Morgan fingerprint density at radius 2 is 1.72 bits per heavy atom. The van der Waals surface area contributed by atoms with Crippen LogP contribution in [0.25, 0.3) is 0 Å². The zero-order valence-corrected chi connectivity index (χ0v) is 11.0. The van der Waals surface area contributed by atoms with E-state index >= 15 is 0 Å². The molecule has 0 aromatic carbocycles. The lowest BCUT2D eigenvalue weighted by atomic mass is 9.52. The molecule has 2 N–H and O–H groups in total. The van der Waals surface area contributed by atoms with Crippen LogP contribution in [0.1, 0.15) is 49.7 Å². The van der Waals surface area contributed by atoms with Crippen molar-refractivity contribution in [2.24, 2.45) is 36.5 Å². The Kier molecular flexibility index (Phi) is 2.31. The Balaban J connectivity index is 1.67. The third-order valence-electron chi connectivity index (χ3n) is 5.58. The number of aryl methyl sites for hydroxylation is 1. The Morgan fingerprint density at radius 3 is 2.22 bits per heavy atom. The maximum Gasteiger partial charge on any atom is 0.154 e. The zero-order chi connectivity index (χ0) is 12.3. The van der Waals surface area contributed by atoms with Gasteiger partial charge >= 0.3 is 0 Å². The Labute approximate surface area is 108 Å². The molecule has 0 spiro atoms. The van der Waals surface area contributed by atoms with Gasteiger partial charge in [0.1, 0.15) is 5.82 Å². The Bertz CT molecular complexity index is 436. The molecular weight excluding hydrogens is 224 g/mol. The van der Waals surface area contributed by atoms with E-state index in [9.17, 15) is 0 Å². The van der Waals surface area contributed by atoms with Crippen LogP contribution in [0.15, 0.2) is 0 Å². The standard InChI is InChI=1S/C14H22N4/c1-18-12(7-15)16-14(17-18)13-10-3-8-2-9(5-10)6-11(13)4-8/h8-11,13H,2-7,15H2,1H3. The van der Waals surface area contributed by atoms with E-state index in [0.717, 1.165) is 35.3 Å². The Morgan fingerprint density at radius 1 is 1.11 bits per heavy atom. The van der Waals surface area contributed by atoms with Gasteiger partial charge < -0.3 is 5.73 Å². The topological polar surface area (TPSA) is 56.7 Å². The third-order valence-corrected chi connectivity index (χ3v) is 5.58. The number of nitrogens with two attached hydrogens (primary N) is 1. The second-order valence-electron chi connectivity index (χ2n) is 6.67. The molecule has 4 saturated carbocycles. The zero-order valence-electron chi connectivity index (χ0n) is 11.0. The predicted octanol–water partition coefficient (Wildman–Crippen LogP) is 1.81. The van der Waals surface area contributed by atoms with Crippen LogP contribution in [0.4, 0.5) is 0 Å². The molecule has 4 fully saturated rings. The van der Waals surface area contributed by atoms with Crippen LogP contribution in [0.2, 0.25) is 0 Å². The highest BCUT2D eigenvalue weighted by molar-refractivity contribution is 5.11. The number of rotatable bonds is 2. The van der Waals surface area contributed by atoms with Crippen LogP contribution in [0, 0.1) is 23.7 Å². The van der Waals surface area contributed by atoms with E-state index in [2.05, 4.69) is 5.10 Å². The van der Waals surface area contributed by atoms with E-state index in [4.69, 9.17) is 10.7 Å². The van der Waals surface area contributed by atoms with Crippen molar-refractivity contribution >= 4 is 0 Å². The van der Waals surface area contributed by atoms with E-state index in [1.165, 1.54) is 32.1 Å². The molecular formula is C14H22N4. The van der Waals surface area contributed by atoms with Crippen molar-refractivity contribution < 1.29 is 0 Å². The molecule has 4 nitrogen and oxygen atoms in total. The molecule has 0 atom stereocenters. The summed E-state index contributed by atoms with van der Waals surface area (Å²) < 4.78 is 1.88. The predicted molar refractivity (Wildman–Crippen MR) is 68.7 cm³/mol. The smallest absolute Gasteiger partial charge is 0.154 e.